The third-order valence-electron chi connectivity index (χ3n) is 5.81. The summed E-state index contributed by atoms with van der Waals surface area (Å²) in [5, 5.41) is 9.63. The molecule has 0 saturated heterocycles. The van der Waals surface area contributed by atoms with E-state index in [1.807, 2.05) is 62.8 Å². The lowest BCUT2D eigenvalue weighted by atomic mass is 10.1. The molecule has 0 fully saturated rings. The van der Waals surface area contributed by atoms with Crippen LogP contribution in [0, 0.1) is 6.92 Å². The van der Waals surface area contributed by atoms with Crippen LogP contribution in [-0.2, 0) is 6.54 Å². The summed E-state index contributed by atoms with van der Waals surface area (Å²) in [4.78, 5) is 23.4. The topological polar surface area (TPSA) is 104 Å². The summed E-state index contributed by atoms with van der Waals surface area (Å²) >= 11 is 0. The Kier molecular flexibility index (Phi) is 4.70. The molecule has 0 unspecified atom stereocenters. The summed E-state index contributed by atoms with van der Waals surface area (Å²) in [5.74, 6) is 0. The number of rotatable bonds is 5. The highest BCUT2D eigenvalue weighted by molar-refractivity contribution is 5.97. The van der Waals surface area contributed by atoms with Crippen LogP contribution in [0.1, 0.15) is 11.3 Å². The summed E-state index contributed by atoms with van der Waals surface area (Å²) in [6, 6.07) is 6.37. The molecule has 0 aliphatic heterocycles. The Balaban J connectivity index is 1.45. The summed E-state index contributed by atoms with van der Waals surface area (Å²) < 4.78 is 1.98. The van der Waals surface area contributed by atoms with Gasteiger partial charge in [-0.2, -0.15) is 5.10 Å². The minimum atomic E-state index is 0.735. The van der Waals surface area contributed by atoms with Gasteiger partial charge in [-0.3, -0.25) is 15.1 Å². The second-order valence-electron chi connectivity index (χ2n) is 8.74. The Hall–Kier alpha value is -4.37. The number of hydrogen-bond donors (Lipinski definition) is 2. The molecule has 0 amide bonds. The Morgan fingerprint density at radius 1 is 0.912 bits per heavy atom. The summed E-state index contributed by atoms with van der Waals surface area (Å²) in [6.45, 7) is 2.80. The van der Waals surface area contributed by atoms with E-state index >= 15 is 0 Å². The van der Waals surface area contributed by atoms with E-state index in [1.54, 1.807) is 6.33 Å². The molecule has 6 aromatic heterocycles. The van der Waals surface area contributed by atoms with E-state index in [2.05, 4.69) is 58.2 Å². The first kappa shape index (κ1) is 20.3. The van der Waals surface area contributed by atoms with E-state index in [0.717, 1.165) is 67.9 Å². The van der Waals surface area contributed by atoms with Crippen LogP contribution in [0.25, 0.3) is 50.1 Å². The summed E-state index contributed by atoms with van der Waals surface area (Å²) in [7, 11) is 4.10. The lowest BCUT2D eigenvalue weighted by molar-refractivity contribution is 0.402. The molecule has 9 nitrogen and oxygen atoms in total. The van der Waals surface area contributed by atoms with Crippen molar-refractivity contribution in [3.05, 3.63) is 73.0 Å². The van der Waals surface area contributed by atoms with Crippen molar-refractivity contribution in [3.8, 4) is 28.2 Å². The fraction of sp³-hybridized carbons (Fsp3) is 0.160. The van der Waals surface area contributed by atoms with Gasteiger partial charge in [0.1, 0.15) is 5.69 Å². The first-order valence-electron chi connectivity index (χ1n) is 11.0. The van der Waals surface area contributed by atoms with Crippen molar-refractivity contribution in [3.63, 3.8) is 0 Å². The molecule has 2 N–H and O–H groups in total. The van der Waals surface area contributed by atoms with E-state index < -0.39 is 0 Å². The van der Waals surface area contributed by atoms with Crippen molar-refractivity contribution in [2.45, 2.75) is 13.5 Å². The van der Waals surface area contributed by atoms with Gasteiger partial charge in [-0.25, -0.2) is 9.97 Å². The Morgan fingerprint density at radius 3 is 2.59 bits per heavy atom. The van der Waals surface area contributed by atoms with Gasteiger partial charge in [-0.05, 0) is 44.8 Å². The van der Waals surface area contributed by atoms with Crippen molar-refractivity contribution in [1.82, 2.24) is 44.6 Å². The Morgan fingerprint density at radius 2 is 1.76 bits per heavy atom. The van der Waals surface area contributed by atoms with Gasteiger partial charge in [0.25, 0.3) is 0 Å². The molecular weight excluding hydrogens is 426 g/mol. The third-order valence-corrected chi connectivity index (χ3v) is 5.81. The van der Waals surface area contributed by atoms with E-state index in [0.29, 0.717) is 0 Å². The molecule has 0 spiro atoms. The zero-order valence-electron chi connectivity index (χ0n) is 19.1. The van der Waals surface area contributed by atoms with Crippen LogP contribution >= 0.6 is 0 Å². The van der Waals surface area contributed by atoms with Crippen LogP contribution in [0.5, 0.6) is 0 Å². The predicted molar refractivity (Wildman–Crippen MR) is 131 cm³/mol. The number of hydrogen-bond acceptors (Lipinski definition) is 6. The van der Waals surface area contributed by atoms with Gasteiger partial charge in [-0.1, -0.05) is 0 Å². The number of H-pyrrole nitrogens is 2. The lowest BCUT2D eigenvalue weighted by Gasteiger charge is -2.10. The molecule has 34 heavy (non-hydrogen) atoms. The SMILES string of the molecule is Cc1cn(-c2cncc3[nH]c(-c4n[nH]c5ncc(-c6cncc(CN(C)C)c6)cc45)cc23)cn1. The highest BCUT2D eigenvalue weighted by Crippen LogP contribution is 2.32. The van der Waals surface area contributed by atoms with Crippen molar-refractivity contribution >= 4 is 21.9 Å². The normalized spacial score (nSPS) is 11.8. The monoisotopic (exact) mass is 449 g/mol. The van der Waals surface area contributed by atoms with Crippen molar-refractivity contribution in [2.24, 2.45) is 0 Å². The number of imidazole rings is 1. The maximum Gasteiger partial charge on any atom is 0.155 e. The van der Waals surface area contributed by atoms with Gasteiger partial charge in [0, 0.05) is 53.2 Å². The minimum Gasteiger partial charge on any atom is -0.352 e. The van der Waals surface area contributed by atoms with Crippen LogP contribution in [0.3, 0.4) is 0 Å². The lowest BCUT2D eigenvalue weighted by Crippen LogP contribution is -2.10. The smallest absolute Gasteiger partial charge is 0.155 e. The quantitative estimate of drug-likeness (QED) is 0.410. The van der Waals surface area contributed by atoms with Crippen LogP contribution in [-0.4, -0.2) is 58.7 Å². The van der Waals surface area contributed by atoms with Gasteiger partial charge in [0.15, 0.2) is 5.65 Å². The van der Waals surface area contributed by atoms with E-state index in [9.17, 15) is 0 Å². The Labute approximate surface area is 195 Å². The van der Waals surface area contributed by atoms with Crippen molar-refractivity contribution in [2.75, 3.05) is 14.1 Å². The molecule has 6 aromatic rings. The molecular formula is C25H23N9. The molecule has 0 aliphatic rings. The van der Waals surface area contributed by atoms with E-state index in [1.165, 1.54) is 0 Å². The first-order valence-corrected chi connectivity index (χ1v) is 11.0. The molecule has 0 bridgehead atoms. The highest BCUT2D eigenvalue weighted by atomic mass is 15.2. The summed E-state index contributed by atoms with van der Waals surface area (Å²) in [6.07, 6.45) is 13.1. The number of fused-ring (bicyclic) bond motifs is 2. The maximum atomic E-state index is 4.62. The maximum absolute atomic E-state index is 4.62. The molecule has 0 atom stereocenters. The van der Waals surface area contributed by atoms with Gasteiger partial charge in [0.05, 0.1) is 41.3 Å². The van der Waals surface area contributed by atoms with Crippen molar-refractivity contribution < 1.29 is 0 Å². The molecule has 0 aliphatic carbocycles. The fourth-order valence-corrected chi connectivity index (χ4v) is 4.29. The first-order chi connectivity index (χ1) is 16.5. The molecule has 6 heterocycles. The number of aryl methyl sites for hydroxylation is 1. The van der Waals surface area contributed by atoms with E-state index in [4.69, 9.17) is 0 Å². The van der Waals surface area contributed by atoms with Crippen LogP contribution in [0.15, 0.2) is 61.7 Å². The number of nitrogens with zero attached hydrogens (tertiary/aromatic N) is 7. The molecule has 0 aromatic carbocycles. The zero-order valence-corrected chi connectivity index (χ0v) is 19.1. The molecule has 168 valence electrons. The molecule has 0 radical (unpaired) electrons. The molecule has 6 rings (SSSR count). The summed E-state index contributed by atoms with van der Waals surface area (Å²) in [5.41, 5.74) is 8.46. The standard InChI is InChI=1S/C25H23N9/c1-15-12-34(14-29-15)23-11-27-10-22-19(23)6-21(30-22)24-20-5-18(9-28-25(20)32-31-24)17-4-16(7-26-8-17)13-33(2)3/h4-12,14,30H,13H2,1-3H3,(H,28,31,32). The molecule has 9 heteroatoms. The van der Waals surface area contributed by atoms with Gasteiger partial charge >= 0.3 is 0 Å². The second-order valence-corrected chi connectivity index (χ2v) is 8.74. The third kappa shape index (κ3) is 3.52. The second kappa shape index (κ2) is 7.89. The number of aromatic amines is 2. The number of nitrogens with one attached hydrogen (secondary N) is 2. The van der Waals surface area contributed by atoms with E-state index in [-0.39, 0.29) is 0 Å². The van der Waals surface area contributed by atoms with Crippen LogP contribution in [0.2, 0.25) is 0 Å². The van der Waals surface area contributed by atoms with Gasteiger partial charge in [0.2, 0.25) is 0 Å². The largest absolute Gasteiger partial charge is 0.352 e. The highest BCUT2D eigenvalue weighted by Gasteiger charge is 2.15. The molecule has 0 saturated carbocycles. The minimum absolute atomic E-state index is 0.735. The van der Waals surface area contributed by atoms with Crippen LogP contribution < -0.4 is 0 Å². The number of aromatic nitrogens is 8. The zero-order chi connectivity index (χ0) is 23.2. The van der Waals surface area contributed by atoms with Gasteiger partial charge in [-0.15, -0.1) is 0 Å². The Bertz CT molecular complexity index is 1640. The predicted octanol–water partition coefficient (Wildman–Crippen LogP) is 4.12. The fourth-order valence-electron chi connectivity index (χ4n) is 4.29. The average Bonchev–Trinajstić information content (AvgIpc) is 3.55. The van der Waals surface area contributed by atoms with Gasteiger partial charge < -0.3 is 14.5 Å². The van der Waals surface area contributed by atoms with Crippen molar-refractivity contribution in [1.29, 1.82) is 0 Å². The van der Waals surface area contributed by atoms with Crippen LogP contribution in [0.4, 0.5) is 0 Å². The average molecular weight is 450 g/mol. The number of pyridine rings is 3.